The predicted molar refractivity (Wildman–Crippen MR) is 64.0 cm³/mol. The quantitative estimate of drug-likeness (QED) is 0.753. The van der Waals surface area contributed by atoms with Gasteiger partial charge in [-0.2, -0.15) is 0 Å². The molecule has 0 fully saturated rings. The second kappa shape index (κ2) is 6.48. The van der Waals surface area contributed by atoms with Crippen LogP contribution in [0, 0.1) is 5.82 Å². The minimum Gasteiger partial charge on any atom is -0.494 e. The molecule has 0 heterocycles. The summed E-state index contributed by atoms with van der Waals surface area (Å²) in [6.45, 7) is 2.16. The summed E-state index contributed by atoms with van der Waals surface area (Å²) in [6.07, 6.45) is 4.41. The summed E-state index contributed by atoms with van der Waals surface area (Å²) >= 11 is 0. The van der Waals surface area contributed by atoms with Crippen molar-refractivity contribution in [3.8, 4) is 5.75 Å². The number of hydrogen-bond acceptors (Lipinski definition) is 2. The molecule has 0 aliphatic carbocycles. The molecule has 0 aromatic heterocycles. The van der Waals surface area contributed by atoms with Crippen molar-refractivity contribution in [3.05, 3.63) is 29.6 Å². The number of ether oxygens (including phenoxy) is 1. The van der Waals surface area contributed by atoms with Gasteiger partial charge in [0.15, 0.2) is 11.6 Å². The van der Waals surface area contributed by atoms with Crippen LogP contribution in [0.5, 0.6) is 5.75 Å². The largest absolute Gasteiger partial charge is 0.494 e. The van der Waals surface area contributed by atoms with Gasteiger partial charge >= 0.3 is 0 Å². The summed E-state index contributed by atoms with van der Waals surface area (Å²) in [7, 11) is 1.46. The SMILES string of the molecule is CCCCCC(N)c1ccc(F)c(OC)c1. The smallest absolute Gasteiger partial charge is 0.165 e. The first-order valence-electron chi connectivity index (χ1n) is 5.78. The van der Waals surface area contributed by atoms with Crippen molar-refractivity contribution in [2.45, 2.75) is 38.6 Å². The Morgan fingerprint density at radius 1 is 1.38 bits per heavy atom. The van der Waals surface area contributed by atoms with E-state index in [2.05, 4.69) is 6.92 Å². The molecule has 1 rings (SSSR count). The summed E-state index contributed by atoms with van der Waals surface area (Å²) in [5.74, 6) is -0.0737. The Morgan fingerprint density at radius 3 is 2.75 bits per heavy atom. The van der Waals surface area contributed by atoms with E-state index in [4.69, 9.17) is 10.5 Å². The van der Waals surface area contributed by atoms with Gasteiger partial charge in [0.2, 0.25) is 0 Å². The number of rotatable bonds is 6. The van der Waals surface area contributed by atoms with E-state index in [9.17, 15) is 4.39 Å². The van der Waals surface area contributed by atoms with Crippen molar-refractivity contribution in [2.24, 2.45) is 5.73 Å². The van der Waals surface area contributed by atoms with Crippen molar-refractivity contribution in [3.63, 3.8) is 0 Å². The molecule has 90 valence electrons. The predicted octanol–water partition coefficient (Wildman–Crippen LogP) is 3.41. The van der Waals surface area contributed by atoms with Crippen molar-refractivity contribution in [2.75, 3.05) is 7.11 Å². The molecule has 2 nitrogen and oxygen atoms in total. The van der Waals surface area contributed by atoms with E-state index in [1.165, 1.54) is 26.0 Å². The highest BCUT2D eigenvalue weighted by Crippen LogP contribution is 2.24. The number of nitrogens with two attached hydrogens (primary N) is 1. The maximum atomic E-state index is 13.2. The fourth-order valence-corrected chi connectivity index (χ4v) is 1.69. The zero-order valence-corrected chi connectivity index (χ0v) is 10.0. The topological polar surface area (TPSA) is 35.2 Å². The molecular weight excluding hydrogens is 205 g/mol. The van der Waals surface area contributed by atoms with Gasteiger partial charge < -0.3 is 10.5 Å². The molecule has 0 amide bonds. The van der Waals surface area contributed by atoms with Gasteiger partial charge in [-0.25, -0.2) is 4.39 Å². The average molecular weight is 225 g/mol. The lowest BCUT2D eigenvalue weighted by Gasteiger charge is -2.13. The van der Waals surface area contributed by atoms with Gasteiger partial charge in [-0.05, 0) is 24.1 Å². The highest BCUT2D eigenvalue weighted by Gasteiger charge is 2.09. The normalized spacial score (nSPS) is 12.5. The Labute approximate surface area is 96.6 Å². The summed E-state index contributed by atoms with van der Waals surface area (Å²) in [6, 6.07) is 4.80. The number of hydrogen-bond donors (Lipinski definition) is 1. The van der Waals surface area contributed by atoms with Gasteiger partial charge in [-0.1, -0.05) is 32.3 Å². The summed E-state index contributed by atoms with van der Waals surface area (Å²) < 4.78 is 18.1. The van der Waals surface area contributed by atoms with Crippen LogP contribution in [0.25, 0.3) is 0 Å². The molecule has 0 bridgehead atoms. The second-order valence-corrected chi connectivity index (χ2v) is 4.00. The van der Waals surface area contributed by atoms with Crippen LogP contribution in [0.15, 0.2) is 18.2 Å². The van der Waals surface area contributed by atoms with Crippen LogP contribution in [-0.4, -0.2) is 7.11 Å². The lowest BCUT2D eigenvalue weighted by molar-refractivity contribution is 0.385. The third-order valence-corrected chi connectivity index (χ3v) is 2.72. The van der Waals surface area contributed by atoms with Crippen LogP contribution in [0.1, 0.15) is 44.2 Å². The molecule has 1 aromatic rings. The van der Waals surface area contributed by atoms with Crippen molar-refractivity contribution >= 4 is 0 Å². The first-order chi connectivity index (χ1) is 7.69. The second-order valence-electron chi connectivity index (χ2n) is 4.00. The fourth-order valence-electron chi connectivity index (χ4n) is 1.69. The van der Waals surface area contributed by atoms with E-state index in [0.717, 1.165) is 18.4 Å². The van der Waals surface area contributed by atoms with E-state index < -0.39 is 0 Å². The van der Waals surface area contributed by atoms with Crippen LogP contribution >= 0.6 is 0 Å². The summed E-state index contributed by atoms with van der Waals surface area (Å²) in [5, 5.41) is 0. The lowest BCUT2D eigenvalue weighted by atomic mass is 10.0. The lowest BCUT2D eigenvalue weighted by Crippen LogP contribution is -2.10. The Kier molecular flexibility index (Phi) is 5.26. The molecule has 0 spiro atoms. The number of unbranched alkanes of at least 4 members (excludes halogenated alkanes) is 2. The van der Waals surface area contributed by atoms with Gasteiger partial charge in [0.1, 0.15) is 0 Å². The Bertz CT molecular complexity index is 328. The van der Waals surface area contributed by atoms with Crippen LogP contribution in [-0.2, 0) is 0 Å². The Morgan fingerprint density at radius 2 is 2.12 bits per heavy atom. The molecule has 1 aromatic carbocycles. The number of benzene rings is 1. The van der Waals surface area contributed by atoms with Gasteiger partial charge in [0.25, 0.3) is 0 Å². The molecule has 0 aliphatic rings. The Balaban J connectivity index is 2.64. The molecular formula is C13H20FNO. The molecule has 0 radical (unpaired) electrons. The molecule has 1 unspecified atom stereocenters. The van der Waals surface area contributed by atoms with Gasteiger partial charge in [-0.15, -0.1) is 0 Å². The third kappa shape index (κ3) is 3.49. The fraction of sp³-hybridized carbons (Fsp3) is 0.538. The van der Waals surface area contributed by atoms with Crippen molar-refractivity contribution in [1.29, 1.82) is 0 Å². The molecule has 0 saturated carbocycles. The maximum absolute atomic E-state index is 13.2. The van der Waals surface area contributed by atoms with Crippen molar-refractivity contribution < 1.29 is 9.13 Å². The van der Waals surface area contributed by atoms with Gasteiger partial charge in [-0.3, -0.25) is 0 Å². The van der Waals surface area contributed by atoms with E-state index in [-0.39, 0.29) is 17.6 Å². The van der Waals surface area contributed by atoms with Gasteiger partial charge in [0.05, 0.1) is 7.11 Å². The maximum Gasteiger partial charge on any atom is 0.165 e. The highest BCUT2D eigenvalue weighted by atomic mass is 19.1. The first-order valence-corrected chi connectivity index (χ1v) is 5.78. The molecule has 16 heavy (non-hydrogen) atoms. The monoisotopic (exact) mass is 225 g/mol. The third-order valence-electron chi connectivity index (χ3n) is 2.72. The minimum atomic E-state index is -0.341. The number of methoxy groups -OCH3 is 1. The van der Waals surface area contributed by atoms with E-state index >= 15 is 0 Å². The van der Waals surface area contributed by atoms with Gasteiger partial charge in [0, 0.05) is 6.04 Å². The van der Waals surface area contributed by atoms with Crippen molar-refractivity contribution in [1.82, 2.24) is 0 Å². The van der Waals surface area contributed by atoms with Crippen LogP contribution in [0.3, 0.4) is 0 Å². The van der Waals surface area contributed by atoms with Crippen LogP contribution in [0.2, 0.25) is 0 Å². The van der Waals surface area contributed by atoms with E-state index in [1.807, 2.05) is 0 Å². The molecule has 0 aliphatic heterocycles. The number of halogens is 1. The minimum absolute atomic E-state index is 0.0268. The van der Waals surface area contributed by atoms with E-state index in [1.54, 1.807) is 12.1 Å². The standard InChI is InChI=1S/C13H20FNO/c1-3-4-5-6-12(15)10-7-8-11(14)13(9-10)16-2/h7-9,12H,3-6,15H2,1-2H3. The van der Waals surface area contributed by atoms with Crippen LogP contribution in [0.4, 0.5) is 4.39 Å². The average Bonchev–Trinajstić information content (AvgIpc) is 2.30. The first kappa shape index (κ1) is 13.0. The highest BCUT2D eigenvalue weighted by molar-refractivity contribution is 5.31. The molecule has 3 heteroatoms. The molecule has 0 saturated heterocycles. The van der Waals surface area contributed by atoms with E-state index in [0.29, 0.717) is 0 Å². The summed E-state index contributed by atoms with van der Waals surface area (Å²) in [4.78, 5) is 0. The zero-order valence-electron chi connectivity index (χ0n) is 10.0. The summed E-state index contributed by atoms with van der Waals surface area (Å²) in [5.41, 5.74) is 6.97. The zero-order chi connectivity index (χ0) is 12.0. The molecule has 2 N–H and O–H groups in total. The molecule has 1 atom stereocenters. The van der Waals surface area contributed by atoms with Crippen LogP contribution < -0.4 is 10.5 Å². The Hall–Kier alpha value is -1.09.